The van der Waals surface area contributed by atoms with Crippen LogP contribution in [-0.2, 0) is 8.85 Å². The van der Waals surface area contributed by atoms with Crippen LogP contribution < -0.4 is 5.32 Å². The van der Waals surface area contributed by atoms with Gasteiger partial charge in [0.1, 0.15) is 29.5 Å². The second-order valence-corrected chi connectivity index (χ2v) is 20.6. The Balaban J connectivity index is 1.19. The zero-order valence-corrected chi connectivity index (χ0v) is 34.9. The minimum atomic E-state index is -4.00. The maximum absolute atomic E-state index is 7.95. The first-order valence-corrected chi connectivity index (χ1v) is 23.7. The molecular formula is C48H50N8O2Si. The van der Waals surface area contributed by atoms with Crippen molar-refractivity contribution >= 4 is 60.5 Å². The molecule has 11 heteroatoms. The van der Waals surface area contributed by atoms with Crippen LogP contribution in [0.5, 0.6) is 0 Å². The van der Waals surface area contributed by atoms with Crippen molar-refractivity contribution in [1.29, 1.82) is 0 Å². The summed E-state index contributed by atoms with van der Waals surface area (Å²) >= 11 is 0. The Bertz CT molecular complexity index is 2610. The molecular weight excluding hydrogens is 749 g/mol. The van der Waals surface area contributed by atoms with Crippen LogP contribution in [0.2, 0.25) is 0 Å². The van der Waals surface area contributed by atoms with Crippen LogP contribution in [0.25, 0.3) is 10.8 Å². The number of hydrogen-bond donors (Lipinski definition) is 1. The topological polar surface area (TPSA) is 100 Å². The predicted molar refractivity (Wildman–Crippen MR) is 237 cm³/mol. The smallest absolute Gasteiger partial charge is 0.361 e. The van der Waals surface area contributed by atoms with E-state index in [0.717, 1.165) is 118 Å². The van der Waals surface area contributed by atoms with Crippen LogP contribution in [0, 0.1) is 23.7 Å². The molecule has 1 unspecified atom stereocenters. The molecule has 2 fully saturated rings. The summed E-state index contributed by atoms with van der Waals surface area (Å²) in [6, 6.07) is 25.7. The number of nitrogens with one attached hydrogen (secondary N) is 1. The van der Waals surface area contributed by atoms with Gasteiger partial charge in [-0.1, -0.05) is 124 Å². The molecule has 1 N–H and O–H groups in total. The SMILES string of the molecule is CC1CCC(CO[Si]2(OCC3CCC(C)CC3)N3C4=NC5=NC(=Nc6c7ccccc7c(n62)N=C2N=C(NC3c3ccccc34)c3ccccc32)C2=C5C=CCC2)CC1. The Morgan fingerprint density at radius 3 is 1.95 bits per heavy atom. The molecule has 2 saturated carbocycles. The highest BCUT2D eigenvalue weighted by Gasteiger charge is 2.61. The van der Waals surface area contributed by atoms with E-state index in [2.05, 4.69) is 113 Å². The molecule has 0 amide bonds. The van der Waals surface area contributed by atoms with Crippen LogP contribution in [0.1, 0.15) is 106 Å². The standard InChI is InChI=1S/C48H50N8O2Si/c1-29-19-23-31(24-20-29)27-57-59(58-28-32-25-21-30(2)22-26-32)55-45-37-15-7-8-16-38(37)47(55)53-43-35-13-5-6-14-36(35)44(50-43)54-48-40-18-10-9-17-39(40)46(56(48)59)52-42-34-12-4-3-11-33(34)41(49-42)51-45/h3-5,7-13,15-18,29-32,45H,6,14,19-28H2,1-2H3,(H,49,51,52). The molecule has 3 aromatic carbocycles. The number of benzene rings is 3. The van der Waals surface area contributed by atoms with Crippen molar-refractivity contribution in [3.8, 4) is 0 Å². The number of fused-ring (bicyclic) bond motifs is 13. The van der Waals surface area contributed by atoms with Gasteiger partial charge >= 0.3 is 8.88 Å². The summed E-state index contributed by atoms with van der Waals surface area (Å²) in [5.74, 6) is 7.48. The molecule has 59 heavy (non-hydrogen) atoms. The minimum absolute atomic E-state index is 0.411. The molecule has 0 radical (unpaired) electrons. The van der Waals surface area contributed by atoms with Gasteiger partial charge in [-0.25, -0.2) is 25.0 Å². The van der Waals surface area contributed by atoms with E-state index in [1.54, 1.807) is 0 Å². The molecule has 3 aliphatic carbocycles. The Morgan fingerprint density at radius 2 is 1.25 bits per heavy atom. The van der Waals surface area contributed by atoms with E-state index in [9.17, 15) is 0 Å². The van der Waals surface area contributed by atoms with Crippen molar-refractivity contribution in [2.75, 3.05) is 13.2 Å². The molecule has 4 aromatic rings. The second kappa shape index (κ2) is 13.9. The lowest BCUT2D eigenvalue weighted by atomic mass is 9.83. The van der Waals surface area contributed by atoms with Crippen LogP contribution in [0.4, 0.5) is 11.6 Å². The van der Waals surface area contributed by atoms with E-state index in [4.69, 9.17) is 33.8 Å². The Hall–Kier alpha value is -5.23. The second-order valence-electron chi connectivity index (χ2n) is 18.0. The molecule has 1 aromatic heterocycles. The van der Waals surface area contributed by atoms with Crippen LogP contribution in [-0.4, -0.2) is 60.1 Å². The normalized spacial score (nSPS) is 28.8. The Kier molecular flexibility index (Phi) is 8.42. The lowest BCUT2D eigenvalue weighted by Crippen LogP contribution is -2.67. The fourth-order valence-corrected chi connectivity index (χ4v) is 14.3. The van der Waals surface area contributed by atoms with Gasteiger partial charge in [-0.3, -0.25) is 8.80 Å². The number of aromatic nitrogens is 1. The number of amidine groups is 5. The summed E-state index contributed by atoms with van der Waals surface area (Å²) in [5, 5.41) is 6.00. The summed E-state index contributed by atoms with van der Waals surface area (Å²) in [4.78, 5) is 27.6. The molecule has 0 spiro atoms. The highest BCUT2D eigenvalue weighted by atomic mass is 28.4. The van der Waals surface area contributed by atoms with Gasteiger partial charge in [0.2, 0.25) is 0 Å². The van der Waals surface area contributed by atoms with E-state index in [1.165, 1.54) is 25.7 Å². The molecule has 6 bridgehead atoms. The van der Waals surface area contributed by atoms with Crippen LogP contribution in [0.3, 0.4) is 0 Å². The van der Waals surface area contributed by atoms with Gasteiger partial charge in [0, 0.05) is 57.4 Å². The zero-order chi connectivity index (χ0) is 39.2. The van der Waals surface area contributed by atoms with E-state index in [1.807, 2.05) is 0 Å². The lowest BCUT2D eigenvalue weighted by Gasteiger charge is -2.44. The molecule has 298 valence electrons. The first-order chi connectivity index (χ1) is 29.0. The molecule has 0 saturated heterocycles. The summed E-state index contributed by atoms with van der Waals surface area (Å²) < 4.78 is 20.6. The highest BCUT2D eigenvalue weighted by Crippen LogP contribution is 2.49. The fraction of sp³-hybridized carbons (Fsp3) is 0.396. The van der Waals surface area contributed by atoms with Crippen LogP contribution >= 0.6 is 0 Å². The van der Waals surface area contributed by atoms with Crippen molar-refractivity contribution in [2.45, 2.75) is 84.2 Å². The van der Waals surface area contributed by atoms with Crippen molar-refractivity contribution in [2.24, 2.45) is 48.6 Å². The van der Waals surface area contributed by atoms with Gasteiger partial charge in [0.15, 0.2) is 17.5 Å². The van der Waals surface area contributed by atoms with Gasteiger partial charge in [-0.05, 0) is 62.2 Å². The van der Waals surface area contributed by atoms with E-state index in [-0.39, 0.29) is 0 Å². The quantitative estimate of drug-likeness (QED) is 0.196. The maximum atomic E-state index is 7.95. The van der Waals surface area contributed by atoms with E-state index < -0.39 is 15.0 Å². The van der Waals surface area contributed by atoms with Crippen molar-refractivity contribution < 1.29 is 8.85 Å². The number of rotatable bonds is 6. The average molecular weight is 799 g/mol. The third kappa shape index (κ3) is 5.68. The highest BCUT2D eigenvalue weighted by molar-refractivity contribution is 6.68. The third-order valence-electron chi connectivity index (χ3n) is 14.1. The van der Waals surface area contributed by atoms with Gasteiger partial charge in [-0.2, -0.15) is 0 Å². The largest absolute Gasteiger partial charge is 0.599 e. The number of aliphatic imine (C=N–C) groups is 5. The fourth-order valence-electron chi connectivity index (χ4n) is 10.7. The van der Waals surface area contributed by atoms with Gasteiger partial charge in [-0.15, -0.1) is 0 Å². The number of allylic oxidation sites excluding steroid dienone is 1. The summed E-state index contributed by atoms with van der Waals surface area (Å²) in [6.45, 7) is 5.93. The molecule has 5 aliphatic heterocycles. The van der Waals surface area contributed by atoms with Crippen molar-refractivity contribution in [3.05, 3.63) is 118 Å². The minimum Gasteiger partial charge on any atom is -0.361 e. The first-order valence-electron chi connectivity index (χ1n) is 22.0. The van der Waals surface area contributed by atoms with E-state index in [0.29, 0.717) is 42.6 Å². The Labute approximate surface area is 346 Å². The first kappa shape index (κ1) is 35.7. The molecule has 6 heterocycles. The number of nitrogens with zero attached hydrogens (tertiary/aromatic N) is 7. The molecule has 8 aliphatic rings. The Morgan fingerprint density at radius 1 is 0.644 bits per heavy atom. The summed E-state index contributed by atoms with van der Waals surface area (Å²) in [5.41, 5.74) is 6.34. The average Bonchev–Trinajstić information content (AvgIpc) is 3.99. The summed E-state index contributed by atoms with van der Waals surface area (Å²) in [6.07, 6.45) is 15.2. The maximum Gasteiger partial charge on any atom is 0.599 e. The molecule has 10 nitrogen and oxygen atoms in total. The number of hydrogen-bond acceptors (Lipinski definition) is 9. The summed E-state index contributed by atoms with van der Waals surface area (Å²) in [7, 11) is -4.00. The zero-order valence-electron chi connectivity index (χ0n) is 33.9. The van der Waals surface area contributed by atoms with E-state index >= 15 is 0 Å². The molecule has 1 atom stereocenters. The van der Waals surface area contributed by atoms with Crippen molar-refractivity contribution in [1.82, 2.24) is 14.1 Å². The van der Waals surface area contributed by atoms with Gasteiger partial charge in [0.25, 0.3) is 0 Å². The molecule has 12 rings (SSSR count). The van der Waals surface area contributed by atoms with Gasteiger partial charge in [0.05, 0.1) is 0 Å². The lowest BCUT2D eigenvalue weighted by molar-refractivity contribution is 0.0630. The monoisotopic (exact) mass is 798 g/mol. The van der Waals surface area contributed by atoms with Gasteiger partial charge < -0.3 is 14.2 Å². The predicted octanol–water partition coefficient (Wildman–Crippen LogP) is 9.92. The van der Waals surface area contributed by atoms with Crippen LogP contribution in [0.15, 0.2) is 121 Å². The van der Waals surface area contributed by atoms with Crippen molar-refractivity contribution in [3.63, 3.8) is 0 Å². The third-order valence-corrected chi connectivity index (χ3v) is 17.3.